The van der Waals surface area contributed by atoms with Crippen LogP contribution in [0.1, 0.15) is 16.2 Å². The fourth-order valence-corrected chi connectivity index (χ4v) is 2.27. The first kappa shape index (κ1) is 13.3. The number of thiophene rings is 1. The molecule has 0 fully saturated rings. The average molecular weight is 302 g/mol. The number of rotatable bonds is 4. The van der Waals surface area contributed by atoms with E-state index >= 15 is 0 Å². The number of amides is 1. The Kier molecular flexibility index (Phi) is 3.61. The van der Waals surface area contributed by atoms with Crippen LogP contribution in [0.3, 0.4) is 0 Å². The van der Waals surface area contributed by atoms with Gasteiger partial charge in [-0.15, -0.1) is 0 Å². The van der Waals surface area contributed by atoms with E-state index in [1.807, 2.05) is 16.8 Å². The fraction of sp³-hybridized carbons (Fsp3) is 0.0769. The molecule has 8 heteroatoms. The summed E-state index contributed by atoms with van der Waals surface area (Å²) in [6.45, 7) is 0.144. The summed E-state index contributed by atoms with van der Waals surface area (Å²) in [5.41, 5.74) is 0.951. The van der Waals surface area contributed by atoms with Gasteiger partial charge in [-0.25, -0.2) is 0 Å². The first-order valence-electron chi connectivity index (χ1n) is 6.04. The number of carbonyl (C=O) groups excluding carboxylic acids is 1. The van der Waals surface area contributed by atoms with Crippen molar-refractivity contribution in [3.05, 3.63) is 56.9 Å². The molecule has 3 rings (SSSR count). The Morgan fingerprint density at radius 3 is 3.00 bits per heavy atom. The Bertz CT molecular complexity index is 786. The zero-order valence-electron chi connectivity index (χ0n) is 10.7. The van der Waals surface area contributed by atoms with Gasteiger partial charge >= 0.3 is 0 Å². The predicted octanol–water partition coefficient (Wildman–Crippen LogP) is 1.42. The molecule has 0 saturated heterocycles. The zero-order valence-corrected chi connectivity index (χ0v) is 11.5. The molecule has 21 heavy (non-hydrogen) atoms. The maximum atomic E-state index is 11.8. The number of H-pyrrole nitrogens is 1. The van der Waals surface area contributed by atoms with E-state index in [2.05, 4.69) is 20.4 Å². The van der Waals surface area contributed by atoms with Crippen LogP contribution in [0.25, 0.3) is 11.5 Å². The molecule has 0 saturated carbocycles. The first-order chi connectivity index (χ1) is 10.2. The van der Waals surface area contributed by atoms with Gasteiger partial charge in [0.15, 0.2) is 5.82 Å². The quantitative estimate of drug-likeness (QED) is 0.759. The molecule has 0 aliphatic rings. The van der Waals surface area contributed by atoms with Crippen molar-refractivity contribution in [2.75, 3.05) is 0 Å². The van der Waals surface area contributed by atoms with E-state index in [9.17, 15) is 9.59 Å². The largest absolute Gasteiger partial charge is 0.345 e. The van der Waals surface area contributed by atoms with Gasteiger partial charge in [0.2, 0.25) is 5.56 Å². The lowest BCUT2D eigenvalue weighted by Crippen LogP contribution is -2.24. The van der Waals surface area contributed by atoms with E-state index in [0.717, 1.165) is 5.56 Å². The number of hydrogen-bond donors (Lipinski definition) is 2. The zero-order chi connectivity index (χ0) is 14.7. The summed E-state index contributed by atoms with van der Waals surface area (Å²) < 4.78 is 5.11. The molecule has 0 radical (unpaired) electrons. The van der Waals surface area contributed by atoms with E-state index in [1.165, 1.54) is 29.7 Å². The topological polar surface area (TPSA) is 101 Å². The molecule has 0 atom stereocenters. The summed E-state index contributed by atoms with van der Waals surface area (Å²) in [6.07, 6.45) is 1.35. The number of pyridine rings is 1. The number of nitrogens with one attached hydrogen (secondary N) is 2. The van der Waals surface area contributed by atoms with E-state index in [4.69, 9.17) is 4.52 Å². The Morgan fingerprint density at radius 1 is 1.38 bits per heavy atom. The van der Waals surface area contributed by atoms with Crippen molar-refractivity contribution < 1.29 is 9.32 Å². The number of hydrogen-bond acceptors (Lipinski definition) is 6. The lowest BCUT2D eigenvalue weighted by atomic mass is 10.2. The molecule has 0 spiro atoms. The summed E-state index contributed by atoms with van der Waals surface area (Å²) >= 11 is 1.53. The third-order valence-electron chi connectivity index (χ3n) is 2.69. The molecule has 3 heterocycles. The van der Waals surface area contributed by atoms with Gasteiger partial charge in [0.1, 0.15) is 0 Å². The van der Waals surface area contributed by atoms with Crippen LogP contribution in [0.4, 0.5) is 0 Å². The molecule has 3 aromatic heterocycles. The fourth-order valence-electron chi connectivity index (χ4n) is 1.64. The van der Waals surface area contributed by atoms with Crippen LogP contribution < -0.4 is 10.9 Å². The van der Waals surface area contributed by atoms with Gasteiger partial charge in [0.25, 0.3) is 11.8 Å². The molecular formula is C13H10N4O3S. The summed E-state index contributed by atoms with van der Waals surface area (Å²) in [5.74, 6) is 0.478. The third kappa shape index (κ3) is 3.06. The highest BCUT2D eigenvalue weighted by molar-refractivity contribution is 7.08. The van der Waals surface area contributed by atoms with Crippen molar-refractivity contribution in [3.8, 4) is 11.5 Å². The normalized spacial score (nSPS) is 10.5. The highest BCUT2D eigenvalue weighted by atomic mass is 32.1. The highest BCUT2D eigenvalue weighted by Gasteiger charge is 2.11. The smallest absolute Gasteiger partial charge is 0.258 e. The molecule has 0 bridgehead atoms. The average Bonchev–Trinajstić information content (AvgIpc) is 3.16. The summed E-state index contributed by atoms with van der Waals surface area (Å²) in [7, 11) is 0. The van der Waals surface area contributed by atoms with Crippen molar-refractivity contribution in [3.63, 3.8) is 0 Å². The summed E-state index contributed by atoms with van der Waals surface area (Å²) in [5, 5.41) is 10.3. The van der Waals surface area contributed by atoms with Gasteiger partial charge in [-0.1, -0.05) is 5.16 Å². The minimum atomic E-state index is -0.326. The first-order valence-corrected chi connectivity index (χ1v) is 6.99. The molecule has 1 amide bonds. The van der Waals surface area contributed by atoms with Crippen LogP contribution >= 0.6 is 11.3 Å². The van der Waals surface area contributed by atoms with Crippen LogP contribution in [0, 0.1) is 0 Å². The third-order valence-corrected chi connectivity index (χ3v) is 3.37. The van der Waals surface area contributed by atoms with Crippen LogP contribution in [-0.4, -0.2) is 21.0 Å². The Balaban J connectivity index is 1.64. The molecule has 7 nitrogen and oxygen atoms in total. The van der Waals surface area contributed by atoms with Crippen LogP contribution in [0.15, 0.2) is 44.5 Å². The van der Waals surface area contributed by atoms with E-state index in [0.29, 0.717) is 17.3 Å². The summed E-state index contributed by atoms with van der Waals surface area (Å²) in [6, 6.07) is 4.61. The monoisotopic (exact) mass is 302 g/mol. The minimum Gasteiger partial charge on any atom is -0.345 e. The molecular weight excluding hydrogens is 292 g/mol. The highest BCUT2D eigenvalue weighted by Crippen LogP contribution is 2.19. The lowest BCUT2D eigenvalue weighted by molar-refractivity contribution is 0.0949. The van der Waals surface area contributed by atoms with E-state index in [-0.39, 0.29) is 18.0 Å². The SMILES string of the molecule is O=C(NCc1noc(-c2ccsc2)n1)c1ccc(=O)[nH]c1. The Labute approximate surface area is 122 Å². The van der Waals surface area contributed by atoms with Gasteiger partial charge in [-0.2, -0.15) is 16.3 Å². The number of aromatic amines is 1. The molecule has 0 aliphatic carbocycles. The van der Waals surface area contributed by atoms with Gasteiger partial charge in [0.05, 0.1) is 17.7 Å². The van der Waals surface area contributed by atoms with Gasteiger partial charge < -0.3 is 14.8 Å². The molecule has 0 aliphatic heterocycles. The van der Waals surface area contributed by atoms with Crippen LogP contribution in [0.2, 0.25) is 0 Å². The maximum Gasteiger partial charge on any atom is 0.258 e. The van der Waals surface area contributed by atoms with Crippen molar-refractivity contribution in [2.24, 2.45) is 0 Å². The van der Waals surface area contributed by atoms with Crippen LogP contribution in [0.5, 0.6) is 0 Å². The van der Waals surface area contributed by atoms with Gasteiger partial charge in [-0.3, -0.25) is 9.59 Å². The summed E-state index contributed by atoms with van der Waals surface area (Å²) in [4.78, 5) is 29.4. The molecule has 0 aromatic carbocycles. The van der Waals surface area contributed by atoms with Crippen molar-refractivity contribution in [1.82, 2.24) is 20.4 Å². The van der Waals surface area contributed by atoms with Crippen LogP contribution in [-0.2, 0) is 6.54 Å². The second kappa shape index (κ2) is 5.71. The van der Waals surface area contributed by atoms with Gasteiger partial charge in [0, 0.05) is 17.6 Å². The van der Waals surface area contributed by atoms with E-state index in [1.54, 1.807) is 0 Å². The Hall–Kier alpha value is -2.74. The predicted molar refractivity (Wildman–Crippen MR) is 75.8 cm³/mol. The Morgan fingerprint density at radius 2 is 2.29 bits per heavy atom. The standard InChI is InChI=1S/C13H10N4O3S/c18-11-2-1-8(5-14-11)12(19)15-6-10-16-13(20-17-10)9-3-4-21-7-9/h1-5,7H,6H2,(H,14,18)(H,15,19). The van der Waals surface area contributed by atoms with Crippen molar-refractivity contribution >= 4 is 17.2 Å². The van der Waals surface area contributed by atoms with Crippen molar-refractivity contribution in [1.29, 1.82) is 0 Å². The number of carbonyl (C=O) groups is 1. The second-order valence-electron chi connectivity index (χ2n) is 4.15. The molecule has 106 valence electrons. The second-order valence-corrected chi connectivity index (χ2v) is 4.93. The van der Waals surface area contributed by atoms with E-state index < -0.39 is 0 Å². The van der Waals surface area contributed by atoms with Gasteiger partial charge in [-0.05, 0) is 17.5 Å². The molecule has 3 aromatic rings. The molecule has 2 N–H and O–H groups in total. The number of nitrogens with zero attached hydrogens (tertiary/aromatic N) is 2. The molecule has 0 unspecified atom stereocenters. The number of aromatic nitrogens is 3. The lowest BCUT2D eigenvalue weighted by Gasteiger charge is -2.01. The maximum absolute atomic E-state index is 11.8. The van der Waals surface area contributed by atoms with Crippen molar-refractivity contribution in [2.45, 2.75) is 6.54 Å². The minimum absolute atomic E-state index is 0.144.